The first kappa shape index (κ1) is 26.7. The normalized spacial score (nSPS) is 18.2. The molecule has 0 bridgehead atoms. The molecule has 9 nitrogen and oxygen atoms in total. The van der Waals surface area contributed by atoms with Crippen molar-refractivity contribution in [1.82, 2.24) is 35.0 Å². The Labute approximate surface area is 235 Å². The highest BCUT2D eigenvalue weighted by Crippen LogP contribution is 2.33. The number of aryl methyl sites for hydroxylation is 1. The van der Waals surface area contributed by atoms with Gasteiger partial charge in [-0.1, -0.05) is 44.4 Å². The minimum Gasteiger partial charge on any atom is -0.497 e. The third-order valence-electron chi connectivity index (χ3n) is 8.66. The Hall–Kier alpha value is -3.56. The van der Waals surface area contributed by atoms with Gasteiger partial charge in [-0.25, -0.2) is 4.68 Å². The monoisotopic (exact) mass is 541 g/mol. The summed E-state index contributed by atoms with van der Waals surface area (Å²) < 4.78 is 7.34. The predicted octanol–water partition coefficient (Wildman–Crippen LogP) is 4.50. The molecule has 1 saturated heterocycles. The molecule has 0 spiro atoms. The number of pyridine rings is 1. The number of nitrogens with one attached hydrogen (secondary N) is 1. The molecule has 1 unspecified atom stereocenters. The molecule has 0 amide bonds. The van der Waals surface area contributed by atoms with Crippen LogP contribution >= 0.6 is 0 Å². The fourth-order valence-electron chi connectivity index (χ4n) is 6.33. The number of methoxy groups -OCH3 is 1. The number of piperazine rings is 1. The highest BCUT2D eigenvalue weighted by molar-refractivity contribution is 5.80. The smallest absolute Gasteiger partial charge is 0.253 e. The van der Waals surface area contributed by atoms with E-state index in [1.807, 2.05) is 22.9 Å². The van der Waals surface area contributed by atoms with Crippen LogP contribution in [0.3, 0.4) is 0 Å². The van der Waals surface area contributed by atoms with E-state index in [1.54, 1.807) is 7.11 Å². The molecule has 0 radical (unpaired) electrons. The van der Waals surface area contributed by atoms with E-state index < -0.39 is 0 Å². The van der Waals surface area contributed by atoms with Gasteiger partial charge in [-0.15, -0.1) is 5.10 Å². The lowest BCUT2D eigenvalue weighted by atomic mass is 9.95. The van der Waals surface area contributed by atoms with Gasteiger partial charge in [0, 0.05) is 43.8 Å². The molecule has 210 valence electrons. The number of ether oxygens (including phenoxy) is 1. The first-order valence-corrected chi connectivity index (χ1v) is 14.7. The van der Waals surface area contributed by atoms with Gasteiger partial charge in [0.15, 0.2) is 5.82 Å². The van der Waals surface area contributed by atoms with Crippen molar-refractivity contribution in [3.05, 3.63) is 81.4 Å². The van der Waals surface area contributed by atoms with Gasteiger partial charge >= 0.3 is 0 Å². The zero-order chi connectivity index (χ0) is 27.5. The Morgan fingerprint density at radius 1 is 0.975 bits per heavy atom. The molecule has 6 rings (SSSR count). The highest BCUT2D eigenvalue weighted by Gasteiger charge is 2.34. The van der Waals surface area contributed by atoms with E-state index in [1.165, 1.54) is 30.4 Å². The maximum atomic E-state index is 13.6. The Kier molecular flexibility index (Phi) is 7.93. The lowest BCUT2D eigenvalue weighted by molar-refractivity contribution is 0.0982. The highest BCUT2D eigenvalue weighted by atomic mass is 16.5. The van der Waals surface area contributed by atoms with Crippen LogP contribution in [-0.4, -0.2) is 68.3 Å². The van der Waals surface area contributed by atoms with Crippen LogP contribution in [0.1, 0.15) is 73.6 Å². The number of hydrogen-bond acceptors (Lipinski definition) is 7. The van der Waals surface area contributed by atoms with Crippen LogP contribution < -0.4 is 10.3 Å². The van der Waals surface area contributed by atoms with E-state index in [-0.39, 0.29) is 17.6 Å². The molecule has 1 N–H and O–H groups in total. The van der Waals surface area contributed by atoms with Crippen LogP contribution in [-0.2, 0) is 13.0 Å². The number of benzene rings is 2. The van der Waals surface area contributed by atoms with Gasteiger partial charge in [-0.05, 0) is 76.5 Å². The number of aromatic amines is 1. The van der Waals surface area contributed by atoms with Crippen LogP contribution in [0.25, 0.3) is 10.9 Å². The van der Waals surface area contributed by atoms with Crippen molar-refractivity contribution in [3.63, 3.8) is 0 Å². The summed E-state index contributed by atoms with van der Waals surface area (Å²) in [5, 5.41) is 14.3. The molecular formula is C31H39N7O2. The molecule has 1 atom stereocenters. The van der Waals surface area contributed by atoms with Crippen molar-refractivity contribution < 1.29 is 4.74 Å². The van der Waals surface area contributed by atoms with Gasteiger partial charge in [0.2, 0.25) is 0 Å². The van der Waals surface area contributed by atoms with Crippen molar-refractivity contribution in [1.29, 1.82) is 0 Å². The van der Waals surface area contributed by atoms with Crippen LogP contribution in [0, 0.1) is 0 Å². The predicted molar refractivity (Wildman–Crippen MR) is 156 cm³/mol. The summed E-state index contributed by atoms with van der Waals surface area (Å²) in [4.78, 5) is 21.7. The number of aromatic nitrogens is 5. The molecule has 9 heteroatoms. The van der Waals surface area contributed by atoms with Gasteiger partial charge in [-0.2, -0.15) is 0 Å². The van der Waals surface area contributed by atoms with Crippen molar-refractivity contribution in [2.45, 2.75) is 64.1 Å². The second-order valence-corrected chi connectivity index (χ2v) is 11.2. The van der Waals surface area contributed by atoms with Gasteiger partial charge in [0.25, 0.3) is 5.56 Å². The molecule has 4 aromatic rings. The zero-order valence-electron chi connectivity index (χ0n) is 23.6. The maximum Gasteiger partial charge on any atom is 0.253 e. The molecule has 2 aromatic carbocycles. The van der Waals surface area contributed by atoms with E-state index in [0.717, 1.165) is 80.0 Å². The fraction of sp³-hybridized carbons (Fsp3) is 0.484. The van der Waals surface area contributed by atoms with E-state index in [2.05, 4.69) is 67.6 Å². The minimum absolute atomic E-state index is 0.0689. The number of nitrogens with zero attached hydrogens (tertiary/aromatic N) is 6. The first-order chi connectivity index (χ1) is 19.6. The summed E-state index contributed by atoms with van der Waals surface area (Å²) in [5.74, 6) is 1.66. The average Bonchev–Trinajstić information content (AvgIpc) is 3.48. The Morgan fingerprint density at radius 3 is 2.45 bits per heavy atom. The number of tetrazole rings is 1. The molecule has 1 aliphatic heterocycles. The molecule has 40 heavy (non-hydrogen) atoms. The number of H-pyrrole nitrogens is 1. The summed E-state index contributed by atoms with van der Waals surface area (Å²) in [6, 6.07) is 16.6. The van der Waals surface area contributed by atoms with Crippen molar-refractivity contribution in [3.8, 4) is 5.75 Å². The standard InChI is InChI=1S/C31H39N7O2/c1-3-22-11-14-28-24(19-22)20-27(31(39)32-28)29(30-33-34-35-38(30)25-7-5-4-6-8-25)37-17-15-36(16-18-37)21-23-9-12-26(40-2)13-10-23/h9-14,19-20,25,29H,3-8,15-18,21H2,1-2H3,(H,32,39). The number of fused-ring (bicyclic) bond motifs is 1. The van der Waals surface area contributed by atoms with Crippen LogP contribution in [0.4, 0.5) is 0 Å². The van der Waals surface area contributed by atoms with Gasteiger partial charge in [-0.3, -0.25) is 14.6 Å². The molecule has 2 aliphatic rings. The molecule has 1 aliphatic carbocycles. The molecule has 2 fully saturated rings. The second-order valence-electron chi connectivity index (χ2n) is 11.2. The number of hydrogen-bond donors (Lipinski definition) is 1. The van der Waals surface area contributed by atoms with E-state index in [4.69, 9.17) is 4.74 Å². The second kappa shape index (κ2) is 11.9. The average molecular weight is 542 g/mol. The lowest BCUT2D eigenvalue weighted by Gasteiger charge is -2.39. The topological polar surface area (TPSA) is 92.2 Å². The van der Waals surface area contributed by atoms with Crippen molar-refractivity contribution in [2.24, 2.45) is 0 Å². The summed E-state index contributed by atoms with van der Waals surface area (Å²) in [5.41, 5.74) is 4.03. The van der Waals surface area contributed by atoms with Gasteiger partial charge in [0.05, 0.1) is 13.2 Å². The third-order valence-corrected chi connectivity index (χ3v) is 8.66. The quantitative estimate of drug-likeness (QED) is 0.351. The van der Waals surface area contributed by atoms with Crippen LogP contribution in [0.5, 0.6) is 5.75 Å². The SMILES string of the molecule is CCc1ccc2[nH]c(=O)c(C(c3nnnn3C3CCCCC3)N3CCN(Cc4ccc(OC)cc4)CC3)cc2c1. The Morgan fingerprint density at radius 2 is 1.73 bits per heavy atom. The van der Waals surface area contributed by atoms with E-state index in [0.29, 0.717) is 0 Å². The summed E-state index contributed by atoms with van der Waals surface area (Å²) >= 11 is 0. The maximum absolute atomic E-state index is 13.6. The summed E-state index contributed by atoms with van der Waals surface area (Å²) in [6.07, 6.45) is 6.74. The Bertz CT molecular complexity index is 1480. The summed E-state index contributed by atoms with van der Waals surface area (Å²) in [7, 11) is 1.69. The summed E-state index contributed by atoms with van der Waals surface area (Å²) in [6.45, 7) is 6.49. The molecule has 1 saturated carbocycles. The zero-order valence-corrected chi connectivity index (χ0v) is 23.6. The van der Waals surface area contributed by atoms with Crippen LogP contribution in [0.15, 0.2) is 53.3 Å². The van der Waals surface area contributed by atoms with Gasteiger partial charge < -0.3 is 9.72 Å². The molecular weight excluding hydrogens is 502 g/mol. The third kappa shape index (κ3) is 5.53. The molecule has 2 aromatic heterocycles. The Balaban J connectivity index is 1.32. The van der Waals surface area contributed by atoms with Gasteiger partial charge in [0.1, 0.15) is 11.8 Å². The minimum atomic E-state index is -0.307. The number of rotatable bonds is 8. The van der Waals surface area contributed by atoms with E-state index in [9.17, 15) is 4.79 Å². The van der Waals surface area contributed by atoms with E-state index >= 15 is 0 Å². The van der Waals surface area contributed by atoms with Crippen molar-refractivity contribution >= 4 is 10.9 Å². The van der Waals surface area contributed by atoms with Crippen LogP contribution in [0.2, 0.25) is 0 Å². The van der Waals surface area contributed by atoms with Crippen molar-refractivity contribution in [2.75, 3.05) is 33.3 Å². The lowest BCUT2D eigenvalue weighted by Crippen LogP contribution is -2.48. The first-order valence-electron chi connectivity index (χ1n) is 14.7. The molecule has 3 heterocycles. The fourth-order valence-corrected chi connectivity index (χ4v) is 6.33. The largest absolute Gasteiger partial charge is 0.497 e.